The molecule has 0 bridgehead atoms. The minimum absolute atomic E-state index is 0.0180. The molecule has 0 aliphatic rings. The van der Waals surface area contributed by atoms with Gasteiger partial charge < -0.3 is 15.7 Å². The van der Waals surface area contributed by atoms with Crippen molar-refractivity contribution in [3.05, 3.63) is 16.8 Å². The summed E-state index contributed by atoms with van der Waals surface area (Å²) in [5, 5.41) is 25.1. The van der Waals surface area contributed by atoms with Crippen molar-refractivity contribution < 1.29 is 5.11 Å². The Morgan fingerprint density at radius 3 is 2.44 bits per heavy atom. The van der Waals surface area contributed by atoms with Crippen LogP contribution >= 0.6 is 0 Å². The average Bonchev–Trinajstić information content (AvgIpc) is 2.28. The van der Waals surface area contributed by atoms with Gasteiger partial charge in [-0.05, 0) is 33.3 Å². The van der Waals surface area contributed by atoms with Crippen LogP contribution in [0, 0.1) is 19.3 Å². The van der Waals surface area contributed by atoms with E-state index in [0.717, 1.165) is 11.3 Å². The molecular weight excluding hydrogens is 230 g/mol. The zero-order chi connectivity index (χ0) is 13.9. The van der Waals surface area contributed by atoms with Gasteiger partial charge in [0.2, 0.25) is 0 Å². The summed E-state index contributed by atoms with van der Waals surface area (Å²) >= 11 is 0. The maximum Gasteiger partial charge on any atom is 0.162 e. The zero-order valence-corrected chi connectivity index (χ0v) is 11.4. The van der Waals surface area contributed by atoms with Crippen LogP contribution in [0.4, 0.5) is 5.82 Å². The second kappa shape index (κ2) is 5.77. The van der Waals surface area contributed by atoms with E-state index in [4.69, 9.17) is 16.2 Å². The summed E-state index contributed by atoms with van der Waals surface area (Å²) < 4.78 is 0. The largest absolute Gasteiger partial charge is 0.395 e. The van der Waals surface area contributed by atoms with Crippen LogP contribution in [-0.4, -0.2) is 40.3 Å². The molecule has 0 saturated carbocycles. The van der Waals surface area contributed by atoms with E-state index in [1.165, 1.54) is 0 Å². The molecule has 100 valence electrons. The van der Waals surface area contributed by atoms with E-state index < -0.39 is 0 Å². The molecular formula is C12H21N5O. The van der Waals surface area contributed by atoms with Crippen LogP contribution in [0.1, 0.15) is 30.7 Å². The second-order valence-electron chi connectivity index (χ2n) is 4.53. The highest BCUT2D eigenvalue weighted by molar-refractivity contribution is 6.01. The van der Waals surface area contributed by atoms with Crippen LogP contribution < -0.4 is 10.6 Å². The molecule has 18 heavy (non-hydrogen) atoms. The highest BCUT2D eigenvalue weighted by atomic mass is 16.3. The topological polar surface area (TPSA) is 99.1 Å². The van der Waals surface area contributed by atoms with Crippen LogP contribution in [0.25, 0.3) is 0 Å². The van der Waals surface area contributed by atoms with Gasteiger partial charge in [0.15, 0.2) is 5.82 Å². The lowest BCUT2D eigenvalue weighted by atomic mass is 10.1. The van der Waals surface area contributed by atoms with Crippen LogP contribution in [0.2, 0.25) is 0 Å². The van der Waals surface area contributed by atoms with Crippen LogP contribution in [0.5, 0.6) is 0 Å². The summed E-state index contributed by atoms with van der Waals surface area (Å²) in [6, 6.07) is 0.145. The van der Waals surface area contributed by atoms with E-state index >= 15 is 0 Å². The van der Waals surface area contributed by atoms with Crippen molar-refractivity contribution in [1.82, 2.24) is 10.2 Å². The highest BCUT2D eigenvalue weighted by Crippen LogP contribution is 2.23. The smallest absolute Gasteiger partial charge is 0.162 e. The molecule has 0 aliphatic heterocycles. The normalized spacial score (nSPS) is 10.8. The Kier molecular flexibility index (Phi) is 4.61. The minimum Gasteiger partial charge on any atom is -0.395 e. The van der Waals surface area contributed by atoms with Crippen LogP contribution in [0.3, 0.4) is 0 Å². The standard InChI is InChI=1S/C12H21N5O/c1-7(2)17(5-6-18)12-10(11(13)14)8(3)9(4)15-16-12/h7,18H,5-6H2,1-4H3,(H3,13,14). The predicted molar refractivity (Wildman–Crippen MR) is 72.1 cm³/mol. The zero-order valence-electron chi connectivity index (χ0n) is 11.4. The first kappa shape index (κ1) is 14.4. The Morgan fingerprint density at radius 1 is 1.39 bits per heavy atom. The first-order chi connectivity index (χ1) is 8.40. The molecule has 6 nitrogen and oxygen atoms in total. The first-order valence-corrected chi connectivity index (χ1v) is 5.95. The van der Waals surface area contributed by atoms with E-state index in [9.17, 15) is 0 Å². The lowest BCUT2D eigenvalue weighted by Crippen LogP contribution is -2.36. The van der Waals surface area contributed by atoms with E-state index in [0.29, 0.717) is 17.9 Å². The minimum atomic E-state index is -0.0240. The summed E-state index contributed by atoms with van der Waals surface area (Å²) in [6.07, 6.45) is 0. The third kappa shape index (κ3) is 2.76. The number of rotatable bonds is 5. The molecule has 1 aromatic rings. The monoisotopic (exact) mass is 251 g/mol. The van der Waals surface area contributed by atoms with Crippen molar-refractivity contribution in [2.45, 2.75) is 33.7 Å². The molecule has 6 heteroatoms. The molecule has 0 radical (unpaired) electrons. The van der Waals surface area contributed by atoms with Gasteiger partial charge in [-0.2, -0.15) is 5.10 Å². The number of aliphatic hydroxyl groups excluding tert-OH is 1. The number of nitrogens with two attached hydrogens (primary N) is 1. The van der Waals surface area contributed by atoms with Gasteiger partial charge in [-0.1, -0.05) is 0 Å². The molecule has 1 heterocycles. The molecule has 0 unspecified atom stereocenters. The van der Waals surface area contributed by atoms with E-state index in [2.05, 4.69) is 10.2 Å². The summed E-state index contributed by atoms with van der Waals surface area (Å²) in [5.74, 6) is 0.540. The predicted octanol–water partition coefficient (Wildman–Crippen LogP) is 0.585. The summed E-state index contributed by atoms with van der Waals surface area (Å²) in [4.78, 5) is 1.90. The van der Waals surface area contributed by atoms with Crippen LogP contribution in [0.15, 0.2) is 0 Å². The van der Waals surface area contributed by atoms with Crippen molar-refractivity contribution in [2.75, 3.05) is 18.1 Å². The Bertz CT molecular complexity index is 444. The maximum absolute atomic E-state index is 9.13. The average molecular weight is 251 g/mol. The fraction of sp³-hybridized carbons (Fsp3) is 0.583. The third-order valence-electron chi connectivity index (χ3n) is 2.94. The highest BCUT2D eigenvalue weighted by Gasteiger charge is 2.20. The lowest BCUT2D eigenvalue weighted by Gasteiger charge is -2.29. The van der Waals surface area contributed by atoms with Crippen molar-refractivity contribution in [2.24, 2.45) is 5.73 Å². The van der Waals surface area contributed by atoms with Gasteiger partial charge in [0.25, 0.3) is 0 Å². The molecule has 0 spiro atoms. The lowest BCUT2D eigenvalue weighted by molar-refractivity contribution is 0.298. The number of hydrogen-bond acceptors (Lipinski definition) is 5. The van der Waals surface area contributed by atoms with Crippen LogP contribution in [-0.2, 0) is 0 Å². The Labute approximate surface area is 107 Å². The second-order valence-corrected chi connectivity index (χ2v) is 4.53. The maximum atomic E-state index is 9.13. The summed E-state index contributed by atoms with van der Waals surface area (Å²) in [6.45, 7) is 8.16. The molecule has 4 N–H and O–H groups in total. The Hall–Kier alpha value is -1.69. The summed E-state index contributed by atoms with van der Waals surface area (Å²) in [7, 11) is 0. The van der Waals surface area contributed by atoms with Gasteiger partial charge in [0.05, 0.1) is 17.9 Å². The SMILES string of the molecule is Cc1nnc(N(CCO)C(C)C)c(C(=N)N)c1C. The quantitative estimate of drug-likeness (QED) is 0.525. The Balaban J connectivity index is 3.38. The number of anilines is 1. The van der Waals surface area contributed by atoms with E-state index in [1.807, 2.05) is 32.6 Å². The molecule has 0 aliphatic carbocycles. The number of amidine groups is 1. The Morgan fingerprint density at radius 2 is 2.00 bits per heavy atom. The third-order valence-corrected chi connectivity index (χ3v) is 2.94. The number of nitrogens with one attached hydrogen (secondary N) is 1. The number of aliphatic hydroxyl groups is 1. The number of hydrogen-bond donors (Lipinski definition) is 3. The first-order valence-electron chi connectivity index (χ1n) is 5.95. The van der Waals surface area contributed by atoms with Gasteiger partial charge in [-0.25, -0.2) is 0 Å². The van der Waals surface area contributed by atoms with Crippen molar-refractivity contribution in [3.63, 3.8) is 0 Å². The van der Waals surface area contributed by atoms with Gasteiger partial charge >= 0.3 is 0 Å². The van der Waals surface area contributed by atoms with E-state index in [1.54, 1.807) is 0 Å². The van der Waals surface area contributed by atoms with E-state index in [-0.39, 0.29) is 18.5 Å². The molecule has 0 atom stereocenters. The van der Waals surface area contributed by atoms with Crippen molar-refractivity contribution in [1.29, 1.82) is 5.41 Å². The van der Waals surface area contributed by atoms with Gasteiger partial charge in [-0.3, -0.25) is 5.41 Å². The van der Waals surface area contributed by atoms with Gasteiger partial charge in [-0.15, -0.1) is 5.10 Å². The fourth-order valence-electron chi connectivity index (χ4n) is 1.84. The number of aryl methyl sites for hydroxylation is 1. The number of nitrogen functional groups attached to an aromatic ring is 1. The molecule has 1 aromatic heterocycles. The molecule has 0 amide bonds. The number of aromatic nitrogens is 2. The van der Waals surface area contributed by atoms with Crippen molar-refractivity contribution >= 4 is 11.7 Å². The van der Waals surface area contributed by atoms with Gasteiger partial charge in [0, 0.05) is 12.6 Å². The summed E-state index contributed by atoms with van der Waals surface area (Å²) in [5.41, 5.74) is 7.86. The number of nitrogens with zero attached hydrogens (tertiary/aromatic N) is 3. The van der Waals surface area contributed by atoms with Gasteiger partial charge in [0.1, 0.15) is 5.84 Å². The molecule has 0 saturated heterocycles. The molecule has 1 rings (SSSR count). The molecule has 0 aromatic carbocycles. The molecule has 0 fully saturated rings. The fourth-order valence-corrected chi connectivity index (χ4v) is 1.84. The van der Waals surface area contributed by atoms with Crippen molar-refractivity contribution in [3.8, 4) is 0 Å².